The largest absolute Gasteiger partial charge is 0.349 e. The van der Waals surface area contributed by atoms with E-state index in [9.17, 15) is 13.2 Å². The number of carbonyl (C=O) groups excluding carboxylic acids is 1. The Labute approximate surface area is 133 Å². The van der Waals surface area contributed by atoms with Gasteiger partial charge in [0.1, 0.15) is 4.90 Å². The van der Waals surface area contributed by atoms with Gasteiger partial charge < -0.3 is 8.67 Å². The summed E-state index contributed by atoms with van der Waals surface area (Å²) in [6.07, 6.45) is 0. The predicted octanol–water partition coefficient (Wildman–Crippen LogP) is 2.52. The number of nitrogens with zero attached hydrogens (tertiary/aromatic N) is 1. The Kier molecular flexibility index (Phi) is 7.49. The first-order valence-electron chi connectivity index (χ1n) is 6.90. The first kappa shape index (κ1) is 20.3. The molecule has 0 atom stereocenters. The molecule has 0 unspecified atom stereocenters. The summed E-state index contributed by atoms with van der Waals surface area (Å²) >= 11 is 0. The third-order valence-electron chi connectivity index (χ3n) is 2.79. The number of benzene rings is 1. The minimum Gasteiger partial charge on any atom is -0.338 e. The predicted molar refractivity (Wildman–Crippen MR) is 87.8 cm³/mol. The summed E-state index contributed by atoms with van der Waals surface area (Å²) in [5, 5.41) is 0. The van der Waals surface area contributed by atoms with E-state index >= 15 is 0 Å². The van der Waals surface area contributed by atoms with E-state index in [1.54, 1.807) is 12.1 Å². The number of quaternary nitrogens is 1. The van der Waals surface area contributed by atoms with Gasteiger partial charge >= 0.3 is 16.1 Å². The first-order chi connectivity index (χ1) is 9.89. The SMILES string of the molecule is C=C(C)C(=O)OS(=O)(=O)c1ccc(C)cc1.CC[N+](C)(C)C. The zero-order valence-corrected chi connectivity index (χ0v) is 15.0. The standard InChI is InChI=1S/C11H12O4S.C5H14N/c1-8(2)11(12)15-16(13,14)10-6-4-9(3)5-7-10;1-5-6(2,3)4/h4-7H,1H2,2-3H3;5H2,1-4H3/q;+1. The topological polar surface area (TPSA) is 60.4 Å². The molecule has 5 nitrogen and oxygen atoms in total. The van der Waals surface area contributed by atoms with Crippen LogP contribution in [-0.2, 0) is 19.1 Å². The summed E-state index contributed by atoms with van der Waals surface area (Å²) in [5.74, 6) is -0.944. The van der Waals surface area contributed by atoms with Crippen LogP contribution >= 0.6 is 0 Å². The lowest BCUT2D eigenvalue weighted by Crippen LogP contribution is -2.33. The molecular formula is C16H26NO4S+. The zero-order valence-electron chi connectivity index (χ0n) is 14.2. The van der Waals surface area contributed by atoms with Gasteiger partial charge in [-0.25, -0.2) is 4.79 Å². The van der Waals surface area contributed by atoms with Crippen molar-refractivity contribution in [2.24, 2.45) is 0 Å². The van der Waals surface area contributed by atoms with Crippen molar-refractivity contribution in [3.8, 4) is 0 Å². The van der Waals surface area contributed by atoms with Crippen molar-refractivity contribution in [3.63, 3.8) is 0 Å². The highest BCUT2D eigenvalue weighted by atomic mass is 32.2. The van der Waals surface area contributed by atoms with Crippen LogP contribution in [0.25, 0.3) is 0 Å². The second-order valence-corrected chi connectivity index (χ2v) is 7.57. The van der Waals surface area contributed by atoms with Crippen molar-refractivity contribution in [3.05, 3.63) is 42.0 Å². The summed E-state index contributed by atoms with van der Waals surface area (Å²) in [6.45, 7) is 9.91. The normalized spacial score (nSPS) is 11.2. The Morgan fingerprint density at radius 2 is 1.59 bits per heavy atom. The Balaban J connectivity index is 0.000000626. The lowest BCUT2D eigenvalue weighted by atomic mass is 10.2. The molecule has 1 rings (SSSR count). The van der Waals surface area contributed by atoms with E-state index in [-0.39, 0.29) is 10.5 Å². The maximum Gasteiger partial charge on any atom is 0.349 e. The van der Waals surface area contributed by atoms with E-state index in [1.165, 1.54) is 25.6 Å². The quantitative estimate of drug-likeness (QED) is 0.484. The van der Waals surface area contributed by atoms with Crippen molar-refractivity contribution in [1.29, 1.82) is 0 Å². The van der Waals surface area contributed by atoms with Gasteiger partial charge in [0.05, 0.1) is 27.7 Å². The van der Waals surface area contributed by atoms with Crippen molar-refractivity contribution < 1.29 is 21.9 Å². The summed E-state index contributed by atoms with van der Waals surface area (Å²) in [6, 6.07) is 6.02. The molecule has 0 heterocycles. The summed E-state index contributed by atoms with van der Waals surface area (Å²) < 4.78 is 28.6. The highest BCUT2D eigenvalue weighted by molar-refractivity contribution is 7.87. The zero-order chi connectivity index (χ0) is 17.6. The van der Waals surface area contributed by atoms with E-state index in [0.717, 1.165) is 10.0 Å². The Bertz CT molecular complexity index is 611. The lowest BCUT2D eigenvalue weighted by Gasteiger charge is -2.20. The van der Waals surface area contributed by atoms with Gasteiger partial charge in [-0.2, -0.15) is 8.42 Å². The van der Waals surface area contributed by atoms with Gasteiger partial charge in [0.25, 0.3) is 0 Å². The second kappa shape index (κ2) is 8.10. The second-order valence-electron chi connectivity index (χ2n) is 6.02. The Morgan fingerprint density at radius 1 is 1.18 bits per heavy atom. The number of carbonyl (C=O) groups is 1. The fraction of sp³-hybridized carbons (Fsp3) is 0.438. The molecule has 0 aliphatic carbocycles. The van der Waals surface area contributed by atoms with Crippen LogP contribution in [-0.4, -0.2) is 46.6 Å². The molecule has 22 heavy (non-hydrogen) atoms. The van der Waals surface area contributed by atoms with Gasteiger partial charge in [0.2, 0.25) is 0 Å². The molecule has 0 N–H and O–H groups in total. The number of hydrogen-bond acceptors (Lipinski definition) is 4. The molecule has 6 heteroatoms. The molecule has 1 aromatic carbocycles. The molecule has 0 aromatic heterocycles. The smallest absolute Gasteiger partial charge is 0.338 e. The third kappa shape index (κ3) is 7.95. The van der Waals surface area contributed by atoms with Crippen molar-refractivity contribution in [1.82, 2.24) is 0 Å². The van der Waals surface area contributed by atoms with Crippen LogP contribution in [0.5, 0.6) is 0 Å². The molecule has 0 radical (unpaired) electrons. The van der Waals surface area contributed by atoms with Crippen LogP contribution in [0.1, 0.15) is 19.4 Å². The van der Waals surface area contributed by atoms with Gasteiger partial charge in [0.15, 0.2) is 0 Å². The molecule has 0 fully saturated rings. The van der Waals surface area contributed by atoms with Crippen LogP contribution in [0.15, 0.2) is 41.3 Å². The van der Waals surface area contributed by atoms with Gasteiger partial charge in [-0.15, -0.1) is 0 Å². The first-order valence-corrected chi connectivity index (χ1v) is 8.31. The summed E-state index contributed by atoms with van der Waals surface area (Å²) in [4.78, 5) is 11.0. The van der Waals surface area contributed by atoms with Crippen LogP contribution < -0.4 is 0 Å². The van der Waals surface area contributed by atoms with Crippen molar-refractivity contribution in [2.75, 3.05) is 27.7 Å². The van der Waals surface area contributed by atoms with Crippen LogP contribution in [0, 0.1) is 6.92 Å². The maximum absolute atomic E-state index is 11.6. The number of rotatable bonds is 4. The van der Waals surface area contributed by atoms with Crippen LogP contribution in [0.2, 0.25) is 0 Å². The third-order valence-corrected chi connectivity index (χ3v) is 4.01. The Hall–Kier alpha value is -1.66. The average Bonchev–Trinajstić information content (AvgIpc) is 2.38. The van der Waals surface area contributed by atoms with E-state index in [1.807, 2.05) is 6.92 Å². The van der Waals surface area contributed by atoms with E-state index in [0.29, 0.717) is 0 Å². The molecule has 0 aliphatic heterocycles. The van der Waals surface area contributed by atoms with Gasteiger partial charge in [-0.1, -0.05) is 24.3 Å². The monoisotopic (exact) mass is 328 g/mol. The highest BCUT2D eigenvalue weighted by Gasteiger charge is 2.20. The molecule has 1 aromatic rings. The highest BCUT2D eigenvalue weighted by Crippen LogP contribution is 2.14. The fourth-order valence-corrected chi connectivity index (χ4v) is 1.83. The Morgan fingerprint density at radius 3 is 1.91 bits per heavy atom. The van der Waals surface area contributed by atoms with E-state index in [4.69, 9.17) is 0 Å². The van der Waals surface area contributed by atoms with Crippen LogP contribution in [0.4, 0.5) is 0 Å². The van der Waals surface area contributed by atoms with Gasteiger partial charge in [-0.3, -0.25) is 0 Å². The molecule has 0 aliphatic rings. The molecular weight excluding hydrogens is 302 g/mol. The average molecular weight is 328 g/mol. The van der Waals surface area contributed by atoms with Crippen molar-refractivity contribution in [2.45, 2.75) is 25.7 Å². The van der Waals surface area contributed by atoms with E-state index in [2.05, 4.69) is 38.8 Å². The molecule has 124 valence electrons. The van der Waals surface area contributed by atoms with Gasteiger partial charge in [-0.05, 0) is 32.9 Å². The molecule has 0 saturated heterocycles. The van der Waals surface area contributed by atoms with E-state index < -0.39 is 16.1 Å². The van der Waals surface area contributed by atoms with Gasteiger partial charge in [0, 0.05) is 5.57 Å². The number of hydrogen-bond donors (Lipinski definition) is 0. The minimum atomic E-state index is -4.03. The minimum absolute atomic E-state index is 0.0377. The van der Waals surface area contributed by atoms with Crippen molar-refractivity contribution >= 4 is 16.1 Å². The fourth-order valence-electron chi connectivity index (χ4n) is 0.924. The summed E-state index contributed by atoms with van der Waals surface area (Å²) in [7, 11) is 2.51. The maximum atomic E-state index is 11.6. The molecule has 0 saturated carbocycles. The number of aryl methyl sites for hydroxylation is 1. The molecule has 0 bridgehead atoms. The molecule has 0 amide bonds. The molecule has 0 spiro atoms. The lowest BCUT2D eigenvalue weighted by molar-refractivity contribution is -0.868. The van der Waals surface area contributed by atoms with Crippen LogP contribution in [0.3, 0.4) is 0 Å². The summed E-state index contributed by atoms with van der Waals surface area (Å²) in [5.41, 5.74) is 0.959.